The predicted octanol–water partition coefficient (Wildman–Crippen LogP) is 2.71. The zero-order valence-corrected chi connectivity index (χ0v) is 14.1. The van der Waals surface area contributed by atoms with Gasteiger partial charge in [0.05, 0.1) is 18.8 Å². The van der Waals surface area contributed by atoms with E-state index < -0.39 is 41.3 Å². The van der Waals surface area contributed by atoms with Crippen molar-refractivity contribution in [3.8, 4) is 0 Å². The van der Waals surface area contributed by atoms with Gasteiger partial charge in [0.25, 0.3) is 5.91 Å². The van der Waals surface area contributed by atoms with Crippen LogP contribution in [0.4, 0.5) is 17.6 Å². The van der Waals surface area contributed by atoms with Crippen LogP contribution in [0, 0.1) is 29.2 Å². The van der Waals surface area contributed by atoms with Crippen LogP contribution < -0.4 is 5.32 Å². The third-order valence-corrected chi connectivity index (χ3v) is 4.06. The molecule has 0 aliphatic carbocycles. The van der Waals surface area contributed by atoms with Gasteiger partial charge in [0.15, 0.2) is 34.7 Å². The van der Waals surface area contributed by atoms with E-state index in [-0.39, 0.29) is 30.0 Å². The van der Waals surface area contributed by atoms with E-state index >= 15 is 0 Å². The smallest absolute Gasteiger partial charge is 0.273 e. The summed E-state index contributed by atoms with van der Waals surface area (Å²) >= 11 is 0. The van der Waals surface area contributed by atoms with Gasteiger partial charge in [0.1, 0.15) is 6.61 Å². The maximum atomic E-state index is 13.5. The molecule has 27 heavy (non-hydrogen) atoms. The number of nitrogens with zero attached hydrogens (tertiary/aromatic N) is 1. The Kier molecular flexibility index (Phi) is 6.07. The van der Waals surface area contributed by atoms with Crippen molar-refractivity contribution < 1.29 is 36.4 Å². The summed E-state index contributed by atoms with van der Waals surface area (Å²) < 4.78 is 68.5. The predicted molar refractivity (Wildman–Crippen MR) is 82.5 cm³/mol. The molecule has 1 N–H and O–H groups in total. The quantitative estimate of drug-likeness (QED) is 0.583. The summed E-state index contributed by atoms with van der Waals surface area (Å²) in [6.45, 7) is 0.680. The summed E-state index contributed by atoms with van der Waals surface area (Å²) in [6, 6.07) is 1.42. The third-order valence-electron chi connectivity index (χ3n) is 4.06. The summed E-state index contributed by atoms with van der Waals surface area (Å²) in [7, 11) is 0. The molecule has 146 valence electrons. The van der Waals surface area contributed by atoms with Gasteiger partial charge in [-0.2, -0.15) is 0 Å². The van der Waals surface area contributed by atoms with E-state index in [0.717, 1.165) is 6.42 Å². The zero-order valence-electron chi connectivity index (χ0n) is 14.1. The molecular weight excluding hydrogens is 372 g/mol. The van der Waals surface area contributed by atoms with Gasteiger partial charge in [-0.1, -0.05) is 5.16 Å². The van der Waals surface area contributed by atoms with Crippen molar-refractivity contribution in [1.29, 1.82) is 0 Å². The minimum Gasteiger partial charge on any atom is -0.381 e. The zero-order chi connectivity index (χ0) is 19.4. The minimum atomic E-state index is -1.53. The highest BCUT2D eigenvalue weighted by atomic mass is 19.2. The summed E-state index contributed by atoms with van der Waals surface area (Å²) in [5.74, 6) is -6.16. The fraction of sp³-hybridized carbons (Fsp3) is 0.412. The Labute approximate surface area is 151 Å². The number of hydrogen-bond donors (Lipinski definition) is 1. The minimum absolute atomic E-state index is 0.0154. The summed E-state index contributed by atoms with van der Waals surface area (Å²) in [4.78, 5) is 12.0. The van der Waals surface area contributed by atoms with Crippen LogP contribution in [0.3, 0.4) is 0 Å². The lowest BCUT2D eigenvalue weighted by Gasteiger charge is -2.07. The Hall–Kier alpha value is -2.46. The van der Waals surface area contributed by atoms with Crippen LogP contribution in [-0.4, -0.2) is 30.8 Å². The average Bonchev–Trinajstić information content (AvgIpc) is 3.33. The standard InChI is InChI=1S/C17H16F4N2O4/c18-12-4-13(19)16(21)11(15(12)20)8-26-7-10-3-14(23-27-10)17(24)22-5-9-1-2-25-6-9/h3-4,9H,1-2,5-8H2,(H,22,24). The van der Waals surface area contributed by atoms with Gasteiger partial charge in [-0.15, -0.1) is 0 Å². The number of nitrogens with one attached hydrogen (secondary N) is 1. The normalized spacial score (nSPS) is 16.7. The first kappa shape index (κ1) is 19.3. The first-order chi connectivity index (χ1) is 13.0. The SMILES string of the molecule is O=C(NCC1CCOC1)c1cc(COCc2c(F)c(F)cc(F)c2F)on1. The highest BCUT2D eigenvalue weighted by molar-refractivity contribution is 5.92. The maximum Gasteiger partial charge on any atom is 0.273 e. The second-order valence-electron chi connectivity index (χ2n) is 6.06. The molecule has 1 saturated heterocycles. The van der Waals surface area contributed by atoms with Crippen LogP contribution in [0.5, 0.6) is 0 Å². The van der Waals surface area contributed by atoms with E-state index in [1.807, 2.05) is 0 Å². The molecule has 6 nitrogen and oxygen atoms in total. The highest BCUT2D eigenvalue weighted by Crippen LogP contribution is 2.20. The van der Waals surface area contributed by atoms with Gasteiger partial charge in [0.2, 0.25) is 0 Å². The monoisotopic (exact) mass is 388 g/mol. The molecule has 1 aliphatic heterocycles. The number of rotatable bonds is 7. The van der Waals surface area contributed by atoms with E-state index in [1.54, 1.807) is 0 Å². The lowest BCUT2D eigenvalue weighted by molar-refractivity contribution is 0.0829. The van der Waals surface area contributed by atoms with Gasteiger partial charge in [-0.05, 0) is 6.42 Å². The molecule has 1 fully saturated rings. The molecule has 2 heterocycles. The number of hydrogen-bond acceptors (Lipinski definition) is 5. The molecule has 3 rings (SSSR count). The van der Waals surface area contributed by atoms with E-state index in [9.17, 15) is 22.4 Å². The van der Waals surface area contributed by atoms with E-state index in [4.69, 9.17) is 14.0 Å². The average molecular weight is 388 g/mol. The van der Waals surface area contributed by atoms with Crippen molar-refractivity contribution in [2.24, 2.45) is 5.92 Å². The Morgan fingerprint density at radius 1 is 1.19 bits per heavy atom. The first-order valence-corrected chi connectivity index (χ1v) is 8.17. The highest BCUT2D eigenvalue weighted by Gasteiger charge is 2.20. The Balaban J connectivity index is 1.52. The van der Waals surface area contributed by atoms with Gasteiger partial charge < -0.3 is 19.3 Å². The van der Waals surface area contributed by atoms with Crippen molar-refractivity contribution in [1.82, 2.24) is 10.5 Å². The number of halogens is 4. The summed E-state index contributed by atoms with van der Waals surface area (Å²) in [6.07, 6.45) is 0.867. The third kappa shape index (κ3) is 4.64. The molecular formula is C17H16F4N2O4. The van der Waals surface area contributed by atoms with Gasteiger partial charge in [-0.3, -0.25) is 4.79 Å². The molecule has 0 radical (unpaired) electrons. The van der Waals surface area contributed by atoms with Crippen molar-refractivity contribution in [3.63, 3.8) is 0 Å². The summed E-state index contributed by atoms with van der Waals surface area (Å²) in [5.41, 5.74) is -0.856. The lowest BCUT2D eigenvalue weighted by Crippen LogP contribution is -2.29. The van der Waals surface area contributed by atoms with Crippen LogP contribution in [-0.2, 0) is 22.7 Å². The number of amides is 1. The molecule has 0 saturated carbocycles. The van der Waals surface area contributed by atoms with Crippen LogP contribution >= 0.6 is 0 Å². The second-order valence-corrected chi connectivity index (χ2v) is 6.06. The summed E-state index contributed by atoms with van der Waals surface area (Å²) in [5, 5.41) is 6.28. The Morgan fingerprint density at radius 2 is 1.93 bits per heavy atom. The largest absolute Gasteiger partial charge is 0.381 e. The molecule has 1 atom stereocenters. The molecule has 1 aromatic heterocycles. The van der Waals surface area contributed by atoms with Gasteiger partial charge in [0, 0.05) is 31.2 Å². The number of carbonyl (C=O) groups excluding carboxylic acids is 1. The van der Waals surface area contributed by atoms with Crippen molar-refractivity contribution >= 4 is 5.91 Å². The molecule has 1 aliphatic rings. The van der Waals surface area contributed by atoms with Crippen molar-refractivity contribution in [3.05, 3.63) is 52.4 Å². The van der Waals surface area contributed by atoms with Crippen LogP contribution in [0.15, 0.2) is 16.7 Å². The molecule has 0 bridgehead atoms. The van der Waals surface area contributed by atoms with Gasteiger partial charge >= 0.3 is 0 Å². The lowest BCUT2D eigenvalue weighted by atomic mass is 10.1. The molecule has 1 amide bonds. The van der Waals surface area contributed by atoms with Crippen LogP contribution in [0.25, 0.3) is 0 Å². The number of ether oxygens (including phenoxy) is 2. The second kappa shape index (κ2) is 8.49. The number of aromatic nitrogens is 1. The van der Waals surface area contributed by atoms with E-state index in [0.29, 0.717) is 19.8 Å². The fourth-order valence-electron chi connectivity index (χ4n) is 2.56. The topological polar surface area (TPSA) is 73.6 Å². The maximum absolute atomic E-state index is 13.5. The number of carbonyl (C=O) groups is 1. The van der Waals surface area contributed by atoms with E-state index in [2.05, 4.69) is 10.5 Å². The van der Waals surface area contributed by atoms with Crippen molar-refractivity contribution in [2.45, 2.75) is 19.6 Å². The van der Waals surface area contributed by atoms with Crippen molar-refractivity contribution in [2.75, 3.05) is 19.8 Å². The molecule has 1 aromatic carbocycles. The van der Waals surface area contributed by atoms with E-state index in [1.165, 1.54) is 6.07 Å². The molecule has 10 heteroatoms. The number of benzene rings is 1. The Bertz CT molecular complexity index is 795. The first-order valence-electron chi connectivity index (χ1n) is 8.17. The molecule has 1 unspecified atom stereocenters. The molecule has 0 spiro atoms. The fourth-order valence-corrected chi connectivity index (χ4v) is 2.56. The van der Waals surface area contributed by atoms with Crippen LogP contribution in [0.2, 0.25) is 0 Å². The molecule has 2 aromatic rings. The van der Waals surface area contributed by atoms with Gasteiger partial charge in [-0.25, -0.2) is 17.6 Å². The van der Waals surface area contributed by atoms with Crippen LogP contribution in [0.1, 0.15) is 28.2 Å². The Morgan fingerprint density at radius 3 is 2.59 bits per heavy atom.